The SMILES string of the molecule is CC(C)N(CCCC(=O)O)C(=O)c1snnc1C(C)(C)C. The first kappa shape index (κ1) is 17.6. The molecule has 1 rings (SSSR count). The molecule has 1 aromatic rings. The Labute approximate surface area is 129 Å². The third kappa shape index (κ3) is 4.77. The van der Waals surface area contributed by atoms with Crippen molar-refractivity contribution in [1.29, 1.82) is 0 Å². The fourth-order valence-electron chi connectivity index (χ4n) is 1.95. The Hall–Kier alpha value is -1.50. The Kier molecular flexibility index (Phi) is 5.83. The van der Waals surface area contributed by atoms with Crippen LogP contribution in [0.3, 0.4) is 0 Å². The molecular weight excluding hydrogens is 290 g/mol. The maximum absolute atomic E-state index is 12.7. The summed E-state index contributed by atoms with van der Waals surface area (Å²) in [7, 11) is 0. The van der Waals surface area contributed by atoms with Gasteiger partial charge >= 0.3 is 5.97 Å². The quantitative estimate of drug-likeness (QED) is 0.872. The largest absolute Gasteiger partial charge is 0.481 e. The fourth-order valence-corrected chi connectivity index (χ4v) is 2.78. The maximum atomic E-state index is 12.7. The van der Waals surface area contributed by atoms with Crippen molar-refractivity contribution in [3.63, 3.8) is 0 Å². The van der Waals surface area contributed by atoms with E-state index in [4.69, 9.17) is 5.11 Å². The number of hydrogen-bond acceptors (Lipinski definition) is 5. The Morgan fingerprint density at radius 3 is 2.43 bits per heavy atom. The molecular formula is C14H23N3O3S. The zero-order valence-corrected chi connectivity index (χ0v) is 14.0. The van der Waals surface area contributed by atoms with Gasteiger partial charge in [-0.05, 0) is 31.8 Å². The molecule has 7 heteroatoms. The van der Waals surface area contributed by atoms with Crippen molar-refractivity contribution in [3.8, 4) is 0 Å². The molecule has 0 bridgehead atoms. The van der Waals surface area contributed by atoms with E-state index >= 15 is 0 Å². The Morgan fingerprint density at radius 1 is 1.33 bits per heavy atom. The van der Waals surface area contributed by atoms with Gasteiger partial charge in [0.05, 0.1) is 5.69 Å². The summed E-state index contributed by atoms with van der Waals surface area (Å²) in [5.41, 5.74) is 0.447. The molecule has 0 saturated heterocycles. The molecule has 0 aliphatic rings. The molecule has 0 aromatic carbocycles. The standard InChI is InChI=1S/C14H23N3O3S/c1-9(2)17(8-6-7-10(18)19)13(20)11-12(14(3,4)5)15-16-21-11/h9H,6-8H2,1-5H3,(H,18,19). The number of nitrogens with zero attached hydrogens (tertiary/aromatic N) is 3. The number of rotatable bonds is 6. The number of carbonyl (C=O) groups excluding carboxylic acids is 1. The van der Waals surface area contributed by atoms with Crippen LogP contribution in [0.25, 0.3) is 0 Å². The summed E-state index contributed by atoms with van der Waals surface area (Å²) in [5.74, 6) is -0.962. The van der Waals surface area contributed by atoms with Crippen LogP contribution in [-0.2, 0) is 10.2 Å². The van der Waals surface area contributed by atoms with Gasteiger partial charge in [-0.2, -0.15) is 0 Å². The Bertz CT molecular complexity index is 506. The van der Waals surface area contributed by atoms with Gasteiger partial charge in [0.25, 0.3) is 5.91 Å². The minimum absolute atomic E-state index is 0.00112. The second-order valence-electron chi connectivity index (χ2n) is 6.29. The highest BCUT2D eigenvalue weighted by Crippen LogP contribution is 2.27. The zero-order chi connectivity index (χ0) is 16.2. The van der Waals surface area contributed by atoms with Gasteiger partial charge in [-0.25, -0.2) is 0 Å². The Balaban J connectivity index is 2.92. The monoisotopic (exact) mass is 313 g/mol. The van der Waals surface area contributed by atoms with Gasteiger partial charge in [0, 0.05) is 24.4 Å². The second kappa shape index (κ2) is 6.98. The Morgan fingerprint density at radius 2 is 1.95 bits per heavy atom. The molecule has 1 amide bonds. The van der Waals surface area contributed by atoms with E-state index in [9.17, 15) is 9.59 Å². The predicted octanol–water partition coefficient (Wildman–Crippen LogP) is 2.55. The highest BCUT2D eigenvalue weighted by Gasteiger charge is 2.29. The first-order valence-corrected chi connectivity index (χ1v) is 7.77. The lowest BCUT2D eigenvalue weighted by Crippen LogP contribution is -2.38. The molecule has 1 N–H and O–H groups in total. The van der Waals surface area contributed by atoms with E-state index in [1.807, 2.05) is 34.6 Å². The first-order valence-electron chi connectivity index (χ1n) is 7.00. The fraction of sp³-hybridized carbons (Fsp3) is 0.714. The van der Waals surface area contributed by atoms with Crippen molar-refractivity contribution in [2.45, 2.75) is 58.9 Å². The number of aliphatic carboxylic acids is 1. The third-order valence-electron chi connectivity index (χ3n) is 3.07. The van der Waals surface area contributed by atoms with Crippen molar-refractivity contribution in [3.05, 3.63) is 10.6 Å². The van der Waals surface area contributed by atoms with Crippen LogP contribution in [-0.4, -0.2) is 44.1 Å². The van der Waals surface area contributed by atoms with Crippen LogP contribution in [0.2, 0.25) is 0 Å². The average molecular weight is 313 g/mol. The molecule has 118 valence electrons. The van der Waals surface area contributed by atoms with Crippen molar-refractivity contribution in [2.24, 2.45) is 0 Å². The number of carboxylic acids is 1. The lowest BCUT2D eigenvalue weighted by molar-refractivity contribution is -0.137. The molecule has 0 radical (unpaired) electrons. The van der Waals surface area contributed by atoms with E-state index in [0.717, 1.165) is 11.5 Å². The molecule has 21 heavy (non-hydrogen) atoms. The van der Waals surface area contributed by atoms with Crippen LogP contribution in [0.15, 0.2) is 0 Å². The predicted molar refractivity (Wildman–Crippen MR) is 81.7 cm³/mol. The van der Waals surface area contributed by atoms with E-state index in [-0.39, 0.29) is 23.8 Å². The van der Waals surface area contributed by atoms with Gasteiger partial charge < -0.3 is 10.0 Å². The number of carbonyl (C=O) groups is 2. The van der Waals surface area contributed by atoms with Crippen molar-refractivity contribution >= 4 is 23.4 Å². The van der Waals surface area contributed by atoms with Gasteiger partial charge in [0.2, 0.25) is 0 Å². The van der Waals surface area contributed by atoms with Gasteiger partial charge in [0.1, 0.15) is 4.88 Å². The van der Waals surface area contributed by atoms with Gasteiger partial charge in [-0.1, -0.05) is 25.3 Å². The third-order valence-corrected chi connectivity index (χ3v) is 3.78. The van der Waals surface area contributed by atoms with E-state index < -0.39 is 5.97 Å². The van der Waals surface area contributed by atoms with Crippen LogP contribution in [0.1, 0.15) is 62.8 Å². The summed E-state index contributed by atoms with van der Waals surface area (Å²) in [6.45, 7) is 10.2. The molecule has 0 spiro atoms. The molecule has 0 atom stereocenters. The summed E-state index contributed by atoms with van der Waals surface area (Å²) >= 11 is 1.10. The van der Waals surface area contributed by atoms with Crippen molar-refractivity contribution in [1.82, 2.24) is 14.5 Å². The van der Waals surface area contributed by atoms with Gasteiger partial charge in [0.15, 0.2) is 0 Å². The van der Waals surface area contributed by atoms with Crippen LogP contribution < -0.4 is 0 Å². The molecule has 0 fully saturated rings. The van der Waals surface area contributed by atoms with Crippen LogP contribution >= 0.6 is 11.5 Å². The number of aromatic nitrogens is 2. The lowest BCUT2D eigenvalue weighted by Gasteiger charge is -2.27. The van der Waals surface area contributed by atoms with E-state index in [2.05, 4.69) is 9.59 Å². The molecule has 1 aromatic heterocycles. The maximum Gasteiger partial charge on any atom is 0.303 e. The number of amides is 1. The molecule has 0 saturated carbocycles. The summed E-state index contributed by atoms with van der Waals surface area (Å²) in [6, 6.07) is 0.00112. The van der Waals surface area contributed by atoms with Gasteiger partial charge in [-0.3, -0.25) is 9.59 Å². The van der Waals surface area contributed by atoms with E-state index in [0.29, 0.717) is 23.5 Å². The minimum atomic E-state index is -0.846. The summed E-state index contributed by atoms with van der Waals surface area (Å²) in [5, 5.41) is 12.8. The topological polar surface area (TPSA) is 83.4 Å². The van der Waals surface area contributed by atoms with Crippen molar-refractivity contribution < 1.29 is 14.7 Å². The first-order chi connectivity index (χ1) is 9.64. The molecule has 1 heterocycles. The van der Waals surface area contributed by atoms with E-state index in [1.54, 1.807) is 4.90 Å². The smallest absolute Gasteiger partial charge is 0.303 e. The summed E-state index contributed by atoms with van der Waals surface area (Å²) in [4.78, 5) is 25.5. The number of hydrogen-bond donors (Lipinski definition) is 1. The number of carboxylic acid groups (broad SMARTS) is 1. The molecule has 0 unspecified atom stereocenters. The van der Waals surface area contributed by atoms with E-state index in [1.165, 1.54) is 0 Å². The highest BCUT2D eigenvalue weighted by atomic mass is 32.1. The van der Waals surface area contributed by atoms with Crippen LogP contribution in [0.5, 0.6) is 0 Å². The molecule has 6 nitrogen and oxygen atoms in total. The highest BCUT2D eigenvalue weighted by molar-refractivity contribution is 7.08. The zero-order valence-electron chi connectivity index (χ0n) is 13.2. The lowest BCUT2D eigenvalue weighted by atomic mass is 9.91. The van der Waals surface area contributed by atoms with Gasteiger partial charge in [-0.15, -0.1) is 5.10 Å². The summed E-state index contributed by atoms with van der Waals surface area (Å²) < 4.78 is 3.91. The average Bonchev–Trinajstić information content (AvgIpc) is 2.81. The summed E-state index contributed by atoms with van der Waals surface area (Å²) in [6.07, 6.45) is 0.500. The second-order valence-corrected chi connectivity index (χ2v) is 7.04. The van der Waals surface area contributed by atoms with Crippen molar-refractivity contribution in [2.75, 3.05) is 6.54 Å². The minimum Gasteiger partial charge on any atom is -0.481 e. The molecule has 0 aliphatic carbocycles. The van der Waals surface area contributed by atoms with Crippen LogP contribution in [0, 0.1) is 0 Å². The van der Waals surface area contributed by atoms with Crippen LogP contribution in [0.4, 0.5) is 0 Å². The molecule has 0 aliphatic heterocycles. The normalized spacial score (nSPS) is 11.7.